The fraction of sp³-hybridized carbons (Fsp3) is 0.708. The van der Waals surface area contributed by atoms with E-state index >= 15 is 0 Å². The largest absolute Gasteiger partial charge is 0.465 e. The van der Waals surface area contributed by atoms with E-state index in [0.717, 1.165) is 51.7 Å². The molecule has 156 valence electrons. The zero-order chi connectivity index (χ0) is 20.2. The average Bonchev–Trinajstić information content (AvgIpc) is 2.70. The van der Waals surface area contributed by atoms with Crippen molar-refractivity contribution < 1.29 is 14.6 Å². The quantitative estimate of drug-likeness (QED) is 0.728. The van der Waals surface area contributed by atoms with Crippen molar-refractivity contribution in [1.82, 2.24) is 4.90 Å². The number of rotatable bonds is 6. The Balaban J connectivity index is 1.56. The maximum atomic E-state index is 11.9. The first kappa shape index (κ1) is 21.3. The predicted octanol–water partition coefficient (Wildman–Crippen LogP) is 4.55. The lowest BCUT2D eigenvalue weighted by Crippen LogP contribution is -2.47. The molecule has 0 unspecified atom stereocenters. The highest BCUT2D eigenvalue weighted by atomic mass is 16.5. The van der Waals surface area contributed by atoms with Gasteiger partial charge in [0.1, 0.15) is 0 Å². The summed E-state index contributed by atoms with van der Waals surface area (Å²) in [6.07, 6.45) is 8.72. The third kappa shape index (κ3) is 4.77. The van der Waals surface area contributed by atoms with Crippen LogP contribution in [0, 0.1) is 5.92 Å². The van der Waals surface area contributed by atoms with Gasteiger partial charge in [0.05, 0.1) is 18.3 Å². The van der Waals surface area contributed by atoms with E-state index in [1.54, 1.807) is 0 Å². The number of aliphatic hydroxyl groups is 1. The number of benzene rings is 1. The van der Waals surface area contributed by atoms with Crippen molar-refractivity contribution in [3.8, 4) is 0 Å². The second-order valence-corrected chi connectivity index (χ2v) is 9.33. The van der Waals surface area contributed by atoms with Gasteiger partial charge in [0.25, 0.3) is 0 Å². The van der Waals surface area contributed by atoms with E-state index in [4.69, 9.17) is 4.74 Å². The van der Waals surface area contributed by atoms with Gasteiger partial charge in [0, 0.05) is 6.54 Å². The summed E-state index contributed by atoms with van der Waals surface area (Å²) < 4.78 is 4.89. The Hall–Kier alpha value is -1.39. The summed E-state index contributed by atoms with van der Waals surface area (Å²) in [5.41, 5.74) is 1.54. The van der Waals surface area contributed by atoms with Crippen molar-refractivity contribution in [2.75, 3.05) is 26.7 Å². The highest BCUT2D eigenvalue weighted by Crippen LogP contribution is 2.40. The molecule has 0 bridgehead atoms. The molecular formula is C24H37NO3. The topological polar surface area (TPSA) is 49.8 Å². The van der Waals surface area contributed by atoms with Gasteiger partial charge in [-0.3, -0.25) is 0 Å². The lowest BCUT2D eigenvalue weighted by Gasteiger charge is -2.45. The van der Waals surface area contributed by atoms with E-state index in [2.05, 4.69) is 24.8 Å². The molecule has 0 spiro atoms. The second kappa shape index (κ2) is 8.96. The molecule has 0 aromatic heterocycles. The van der Waals surface area contributed by atoms with Crippen LogP contribution in [0.5, 0.6) is 0 Å². The Kier molecular flexibility index (Phi) is 6.82. The van der Waals surface area contributed by atoms with Crippen LogP contribution in [0.3, 0.4) is 0 Å². The molecule has 4 heteroatoms. The van der Waals surface area contributed by atoms with Gasteiger partial charge in [-0.1, -0.05) is 45.2 Å². The summed E-state index contributed by atoms with van der Waals surface area (Å²) >= 11 is 0. The highest BCUT2D eigenvalue weighted by molar-refractivity contribution is 5.89. The van der Waals surface area contributed by atoms with Crippen LogP contribution in [0.2, 0.25) is 0 Å². The SMILES string of the molecule is COC(=O)c1cccc([C@@]2(C)CCN(CCCC3(O)CCCCC3)C[C@@H]2C)c1. The van der Waals surface area contributed by atoms with Gasteiger partial charge in [0.2, 0.25) is 0 Å². The van der Waals surface area contributed by atoms with Crippen molar-refractivity contribution in [1.29, 1.82) is 0 Å². The molecule has 3 rings (SSSR count). The van der Waals surface area contributed by atoms with E-state index in [1.165, 1.54) is 31.9 Å². The lowest BCUT2D eigenvalue weighted by atomic mass is 9.68. The maximum absolute atomic E-state index is 11.9. The predicted molar refractivity (Wildman–Crippen MR) is 113 cm³/mol. The molecule has 4 nitrogen and oxygen atoms in total. The minimum absolute atomic E-state index is 0.0715. The van der Waals surface area contributed by atoms with Gasteiger partial charge in [-0.2, -0.15) is 0 Å². The molecule has 1 aromatic rings. The molecule has 1 aromatic carbocycles. The zero-order valence-corrected chi connectivity index (χ0v) is 17.9. The number of nitrogens with zero attached hydrogens (tertiary/aromatic N) is 1. The fourth-order valence-electron chi connectivity index (χ4n) is 5.16. The van der Waals surface area contributed by atoms with Crippen LogP contribution >= 0.6 is 0 Å². The summed E-state index contributed by atoms with van der Waals surface area (Å²) in [7, 11) is 1.43. The molecule has 1 saturated heterocycles. The second-order valence-electron chi connectivity index (χ2n) is 9.33. The molecule has 1 aliphatic heterocycles. The Morgan fingerprint density at radius 3 is 2.68 bits per heavy atom. The molecule has 0 amide bonds. The minimum Gasteiger partial charge on any atom is -0.465 e. The van der Waals surface area contributed by atoms with Crippen molar-refractivity contribution >= 4 is 5.97 Å². The summed E-state index contributed by atoms with van der Waals surface area (Å²) in [4.78, 5) is 14.5. The zero-order valence-electron chi connectivity index (χ0n) is 17.9. The van der Waals surface area contributed by atoms with Gasteiger partial charge < -0.3 is 14.7 Å². The van der Waals surface area contributed by atoms with Crippen LogP contribution < -0.4 is 0 Å². The molecule has 1 N–H and O–H groups in total. The molecule has 1 aliphatic carbocycles. The van der Waals surface area contributed by atoms with Crippen LogP contribution in [0.25, 0.3) is 0 Å². The van der Waals surface area contributed by atoms with Crippen molar-refractivity contribution in [2.24, 2.45) is 5.92 Å². The van der Waals surface area contributed by atoms with Gasteiger partial charge in [0.15, 0.2) is 0 Å². The number of ether oxygens (including phenoxy) is 1. The number of hydrogen-bond acceptors (Lipinski definition) is 4. The van der Waals surface area contributed by atoms with Gasteiger partial charge in [-0.25, -0.2) is 4.79 Å². The van der Waals surface area contributed by atoms with Crippen molar-refractivity contribution in [3.05, 3.63) is 35.4 Å². The first-order valence-electron chi connectivity index (χ1n) is 11.0. The Morgan fingerprint density at radius 1 is 1.25 bits per heavy atom. The molecule has 28 heavy (non-hydrogen) atoms. The highest BCUT2D eigenvalue weighted by Gasteiger charge is 2.38. The molecule has 1 heterocycles. The molecular weight excluding hydrogens is 350 g/mol. The third-order valence-corrected chi connectivity index (χ3v) is 7.41. The van der Waals surface area contributed by atoms with Crippen molar-refractivity contribution in [2.45, 2.75) is 76.2 Å². The summed E-state index contributed by atoms with van der Waals surface area (Å²) in [5.74, 6) is 0.239. The van der Waals surface area contributed by atoms with Gasteiger partial charge in [-0.15, -0.1) is 0 Å². The third-order valence-electron chi connectivity index (χ3n) is 7.41. The number of piperidine rings is 1. The van der Waals surface area contributed by atoms with E-state index < -0.39 is 5.60 Å². The van der Waals surface area contributed by atoms with Crippen LogP contribution in [0.4, 0.5) is 0 Å². The van der Waals surface area contributed by atoms with Gasteiger partial charge in [-0.05, 0) is 74.2 Å². The number of carbonyl (C=O) groups is 1. The standard InChI is InChI=1S/C24H37NO3/c1-19-18-25(15-8-13-24(27)11-5-4-6-12-24)16-14-23(19,2)21-10-7-9-20(17-21)22(26)28-3/h7,9-10,17,19,27H,4-6,8,11-16,18H2,1-3H3/t19-,23-/m0/s1. The molecule has 1 saturated carbocycles. The van der Waals surface area contributed by atoms with E-state index in [9.17, 15) is 9.90 Å². The maximum Gasteiger partial charge on any atom is 0.337 e. The fourth-order valence-corrected chi connectivity index (χ4v) is 5.16. The summed E-state index contributed by atoms with van der Waals surface area (Å²) in [6, 6.07) is 7.96. The lowest BCUT2D eigenvalue weighted by molar-refractivity contribution is -0.00895. The Bertz CT molecular complexity index is 668. The van der Waals surface area contributed by atoms with Crippen molar-refractivity contribution in [3.63, 3.8) is 0 Å². The molecule has 2 atom stereocenters. The number of likely N-dealkylation sites (tertiary alicyclic amines) is 1. The first-order chi connectivity index (χ1) is 13.4. The number of esters is 1. The summed E-state index contributed by atoms with van der Waals surface area (Å²) in [6.45, 7) is 7.87. The smallest absolute Gasteiger partial charge is 0.337 e. The normalized spacial score (nSPS) is 28.1. The molecule has 2 aliphatic rings. The van der Waals surface area contributed by atoms with E-state index in [-0.39, 0.29) is 11.4 Å². The monoisotopic (exact) mass is 387 g/mol. The van der Waals surface area contributed by atoms with Crippen LogP contribution in [0.15, 0.2) is 24.3 Å². The van der Waals surface area contributed by atoms with Gasteiger partial charge >= 0.3 is 5.97 Å². The minimum atomic E-state index is -0.400. The van der Waals surface area contributed by atoms with E-state index in [0.29, 0.717) is 11.5 Å². The first-order valence-corrected chi connectivity index (χ1v) is 11.0. The van der Waals surface area contributed by atoms with Crippen LogP contribution in [-0.4, -0.2) is 48.3 Å². The molecule has 2 fully saturated rings. The Labute approximate surface area is 170 Å². The molecule has 0 radical (unpaired) electrons. The average molecular weight is 388 g/mol. The summed E-state index contributed by atoms with van der Waals surface area (Å²) in [5, 5.41) is 10.7. The number of carbonyl (C=O) groups excluding carboxylic acids is 1. The number of hydrogen-bond donors (Lipinski definition) is 1. The van der Waals surface area contributed by atoms with Crippen LogP contribution in [-0.2, 0) is 10.2 Å². The Morgan fingerprint density at radius 2 is 2.00 bits per heavy atom. The number of methoxy groups -OCH3 is 1. The van der Waals surface area contributed by atoms with Crippen LogP contribution in [0.1, 0.15) is 81.1 Å². The van der Waals surface area contributed by atoms with E-state index in [1.807, 2.05) is 18.2 Å².